The van der Waals surface area contributed by atoms with E-state index in [9.17, 15) is 4.79 Å². The van der Waals surface area contributed by atoms with Gasteiger partial charge in [-0.05, 0) is 19.3 Å². The van der Waals surface area contributed by atoms with Gasteiger partial charge >= 0.3 is 0 Å². The Labute approximate surface area is 65.7 Å². The number of nitrogens with zero attached hydrogens (tertiary/aromatic N) is 1. The lowest BCUT2D eigenvalue weighted by Gasteiger charge is -2.47. The van der Waals surface area contributed by atoms with Crippen molar-refractivity contribution in [2.24, 2.45) is 0 Å². The summed E-state index contributed by atoms with van der Waals surface area (Å²) in [5.41, 5.74) is 0. The van der Waals surface area contributed by atoms with Crippen LogP contribution in [0.15, 0.2) is 0 Å². The van der Waals surface area contributed by atoms with Gasteiger partial charge in [0.2, 0.25) is 5.91 Å². The summed E-state index contributed by atoms with van der Waals surface area (Å²) in [5, 5.41) is 3.25. The van der Waals surface area contributed by atoms with Gasteiger partial charge in [-0.3, -0.25) is 4.79 Å². The third-order valence-electron chi connectivity index (χ3n) is 2.94. The number of fused-ring (bicyclic) bond motifs is 2. The van der Waals surface area contributed by atoms with E-state index in [1.165, 1.54) is 12.8 Å². The molecule has 3 heteroatoms. The number of hydrogen-bond acceptors (Lipinski definition) is 2. The first-order chi connectivity index (χ1) is 5.34. The molecular formula is C8H12N2O. The lowest BCUT2D eigenvalue weighted by Crippen LogP contribution is -2.70. The molecule has 1 N–H and O–H groups in total. The third-order valence-corrected chi connectivity index (χ3v) is 2.94. The molecule has 1 aliphatic carbocycles. The molecule has 4 rings (SSSR count). The molecule has 4 aliphatic rings. The first kappa shape index (κ1) is 6.00. The van der Waals surface area contributed by atoms with Crippen LogP contribution in [-0.2, 0) is 4.79 Å². The number of carbonyl (C=O) groups is 1. The fourth-order valence-corrected chi connectivity index (χ4v) is 2.09. The molecule has 3 heterocycles. The maximum absolute atomic E-state index is 11.5. The van der Waals surface area contributed by atoms with Crippen LogP contribution in [0.4, 0.5) is 0 Å². The predicted molar refractivity (Wildman–Crippen MR) is 40.1 cm³/mol. The van der Waals surface area contributed by atoms with Gasteiger partial charge in [-0.2, -0.15) is 0 Å². The van der Waals surface area contributed by atoms with Gasteiger partial charge in [0.05, 0.1) is 6.04 Å². The second-order valence-electron chi connectivity index (χ2n) is 3.87. The van der Waals surface area contributed by atoms with Gasteiger partial charge in [0, 0.05) is 18.6 Å². The van der Waals surface area contributed by atoms with Gasteiger partial charge < -0.3 is 10.2 Å². The zero-order chi connectivity index (χ0) is 7.42. The molecule has 0 aromatic carbocycles. The van der Waals surface area contributed by atoms with Crippen LogP contribution in [0.5, 0.6) is 0 Å². The summed E-state index contributed by atoms with van der Waals surface area (Å²) in [6.07, 6.45) is 3.57. The molecular weight excluding hydrogens is 140 g/mol. The van der Waals surface area contributed by atoms with Crippen LogP contribution in [0.25, 0.3) is 0 Å². The topological polar surface area (TPSA) is 32.3 Å². The Morgan fingerprint density at radius 1 is 1.45 bits per heavy atom. The SMILES string of the molecule is O=C1[C@@H]2C[C@H](CN1C1CC1)N2. The van der Waals surface area contributed by atoms with E-state index in [1.807, 2.05) is 0 Å². The van der Waals surface area contributed by atoms with Crippen molar-refractivity contribution in [2.75, 3.05) is 6.54 Å². The number of piperazine rings is 1. The summed E-state index contributed by atoms with van der Waals surface area (Å²) in [6.45, 7) is 0.972. The van der Waals surface area contributed by atoms with E-state index >= 15 is 0 Å². The maximum atomic E-state index is 11.5. The van der Waals surface area contributed by atoms with E-state index in [0.717, 1.165) is 13.0 Å². The minimum Gasteiger partial charge on any atom is -0.337 e. The highest BCUT2D eigenvalue weighted by Crippen LogP contribution is 2.33. The molecule has 0 radical (unpaired) electrons. The largest absolute Gasteiger partial charge is 0.337 e. The van der Waals surface area contributed by atoms with Gasteiger partial charge in [-0.1, -0.05) is 0 Å². The predicted octanol–water partition coefficient (Wildman–Crippen LogP) is -0.279. The highest BCUT2D eigenvalue weighted by Gasteiger charge is 2.47. The van der Waals surface area contributed by atoms with Crippen LogP contribution in [0, 0.1) is 0 Å². The summed E-state index contributed by atoms with van der Waals surface area (Å²) in [4.78, 5) is 13.6. The molecule has 1 amide bonds. The fourth-order valence-electron chi connectivity index (χ4n) is 2.09. The molecule has 0 aromatic rings. The Morgan fingerprint density at radius 2 is 2.18 bits per heavy atom. The Kier molecular flexibility index (Phi) is 0.969. The fraction of sp³-hybridized carbons (Fsp3) is 0.875. The van der Waals surface area contributed by atoms with Crippen molar-refractivity contribution in [1.82, 2.24) is 10.2 Å². The standard InChI is InChI=1S/C8H12N2O/c11-8-7-3-5(9-7)4-10(8)6-1-2-6/h5-7,9H,1-4H2/t5-,7+/m1/s1. The van der Waals surface area contributed by atoms with Gasteiger partial charge in [0.15, 0.2) is 0 Å². The molecule has 3 saturated heterocycles. The van der Waals surface area contributed by atoms with Crippen LogP contribution in [0.3, 0.4) is 0 Å². The lowest BCUT2D eigenvalue weighted by molar-refractivity contribution is -0.143. The molecule has 2 bridgehead atoms. The van der Waals surface area contributed by atoms with E-state index in [1.54, 1.807) is 0 Å². The minimum absolute atomic E-state index is 0.189. The highest BCUT2D eigenvalue weighted by atomic mass is 16.2. The van der Waals surface area contributed by atoms with Gasteiger partial charge in [0.25, 0.3) is 0 Å². The monoisotopic (exact) mass is 152 g/mol. The minimum atomic E-state index is 0.189. The van der Waals surface area contributed by atoms with E-state index < -0.39 is 0 Å². The Morgan fingerprint density at radius 3 is 2.73 bits per heavy atom. The summed E-state index contributed by atoms with van der Waals surface area (Å²) in [6, 6.07) is 1.43. The van der Waals surface area contributed by atoms with Crippen molar-refractivity contribution in [2.45, 2.75) is 37.4 Å². The average molecular weight is 152 g/mol. The molecule has 11 heavy (non-hydrogen) atoms. The number of carbonyl (C=O) groups excluding carboxylic acids is 1. The second-order valence-corrected chi connectivity index (χ2v) is 3.87. The number of piperidine rings is 1. The zero-order valence-corrected chi connectivity index (χ0v) is 6.42. The summed E-state index contributed by atoms with van der Waals surface area (Å²) < 4.78 is 0. The summed E-state index contributed by atoms with van der Waals surface area (Å²) in [5.74, 6) is 0.356. The molecule has 0 aromatic heterocycles. The third kappa shape index (κ3) is 0.745. The average Bonchev–Trinajstić information content (AvgIpc) is 2.66. The van der Waals surface area contributed by atoms with Crippen LogP contribution in [0.2, 0.25) is 0 Å². The van der Waals surface area contributed by atoms with E-state index in [0.29, 0.717) is 18.0 Å². The maximum Gasteiger partial charge on any atom is 0.240 e. The summed E-state index contributed by atoms with van der Waals surface area (Å²) >= 11 is 0. The number of nitrogens with one attached hydrogen (secondary N) is 1. The molecule has 1 saturated carbocycles. The van der Waals surface area contributed by atoms with Gasteiger partial charge in [0.1, 0.15) is 0 Å². The Bertz CT molecular complexity index is 206. The van der Waals surface area contributed by atoms with Crippen molar-refractivity contribution >= 4 is 5.91 Å². The lowest BCUT2D eigenvalue weighted by atomic mass is 9.90. The Balaban J connectivity index is 1.79. The normalized spacial score (nSPS) is 42.2. The zero-order valence-electron chi connectivity index (χ0n) is 6.42. The molecule has 3 aliphatic heterocycles. The first-order valence-electron chi connectivity index (χ1n) is 4.41. The quantitative estimate of drug-likeness (QED) is 0.560. The molecule has 2 atom stereocenters. The smallest absolute Gasteiger partial charge is 0.240 e. The van der Waals surface area contributed by atoms with Crippen LogP contribution in [-0.4, -0.2) is 35.5 Å². The number of hydrogen-bond donors (Lipinski definition) is 1. The van der Waals surface area contributed by atoms with Crippen LogP contribution < -0.4 is 5.32 Å². The van der Waals surface area contributed by atoms with E-state index in [-0.39, 0.29) is 6.04 Å². The van der Waals surface area contributed by atoms with E-state index in [4.69, 9.17) is 0 Å². The molecule has 3 nitrogen and oxygen atoms in total. The summed E-state index contributed by atoms with van der Waals surface area (Å²) in [7, 11) is 0. The van der Waals surface area contributed by atoms with Crippen molar-refractivity contribution < 1.29 is 4.79 Å². The van der Waals surface area contributed by atoms with Gasteiger partial charge in [-0.25, -0.2) is 0 Å². The van der Waals surface area contributed by atoms with Gasteiger partial charge in [-0.15, -0.1) is 0 Å². The molecule has 0 unspecified atom stereocenters. The van der Waals surface area contributed by atoms with Crippen LogP contribution in [0.1, 0.15) is 19.3 Å². The van der Waals surface area contributed by atoms with Crippen molar-refractivity contribution in [3.05, 3.63) is 0 Å². The second kappa shape index (κ2) is 1.78. The Hall–Kier alpha value is -0.570. The first-order valence-corrected chi connectivity index (χ1v) is 4.41. The highest BCUT2D eigenvalue weighted by molar-refractivity contribution is 5.85. The number of rotatable bonds is 1. The molecule has 0 spiro atoms. The van der Waals surface area contributed by atoms with Crippen LogP contribution >= 0.6 is 0 Å². The van der Waals surface area contributed by atoms with Crippen molar-refractivity contribution in [3.63, 3.8) is 0 Å². The van der Waals surface area contributed by atoms with E-state index in [2.05, 4.69) is 10.2 Å². The number of amides is 1. The molecule has 60 valence electrons. The van der Waals surface area contributed by atoms with Crippen molar-refractivity contribution in [1.29, 1.82) is 0 Å². The van der Waals surface area contributed by atoms with Crippen molar-refractivity contribution in [3.8, 4) is 0 Å². The molecule has 4 fully saturated rings.